The molecule has 0 aromatic heterocycles. The van der Waals surface area contributed by atoms with Crippen LogP contribution >= 0.6 is 12.4 Å². The number of alkyl halides is 3. The van der Waals surface area contributed by atoms with Crippen molar-refractivity contribution in [2.75, 3.05) is 26.2 Å². The van der Waals surface area contributed by atoms with E-state index in [0.29, 0.717) is 13.2 Å². The number of nitrogens with zero attached hydrogens (tertiary/aromatic N) is 1. The average molecular weight is 425 g/mol. The van der Waals surface area contributed by atoms with E-state index in [-0.39, 0.29) is 32.0 Å². The number of aliphatic carboxylic acids is 1. The quantitative estimate of drug-likeness (QED) is 0.670. The molecular weight excluding hydrogens is 401 g/mol. The van der Waals surface area contributed by atoms with E-state index in [0.717, 1.165) is 11.1 Å². The first-order chi connectivity index (χ1) is 12.7. The van der Waals surface area contributed by atoms with Crippen LogP contribution in [0.15, 0.2) is 24.3 Å². The lowest BCUT2D eigenvalue weighted by Gasteiger charge is -2.18. The fraction of sp³-hybridized carbons (Fsp3) is 0.556. The molecule has 6 nitrogen and oxygen atoms in total. The molecule has 2 rings (SSSR count). The number of halogens is 4. The summed E-state index contributed by atoms with van der Waals surface area (Å²) in [6.45, 7) is 2.00. The van der Waals surface area contributed by atoms with E-state index >= 15 is 0 Å². The Morgan fingerprint density at radius 3 is 2.43 bits per heavy atom. The maximum atomic E-state index is 13.0. The molecule has 1 saturated heterocycles. The molecule has 1 heterocycles. The van der Waals surface area contributed by atoms with Crippen LogP contribution in [0.25, 0.3) is 0 Å². The van der Waals surface area contributed by atoms with E-state index in [4.69, 9.17) is 9.84 Å². The molecule has 1 fully saturated rings. The molecule has 0 saturated carbocycles. The topological polar surface area (TPSA) is 78.9 Å². The molecule has 0 radical (unpaired) electrons. The maximum absolute atomic E-state index is 13.0. The van der Waals surface area contributed by atoms with Crippen molar-refractivity contribution < 1.29 is 32.6 Å². The predicted octanol–water partition coefficient (Wildman–Crippen LogP) is 2.46. The lowest BCUT2D eigenvalue weighted by Crippen LogP contribution is -2.37. The third kappa shape index (κ3) is 6.65. The van der Waals surface area contributed by atoms with E-state index in [1.165, 1.54) is 4.90 Å². The third-order valence-corrected chi connectivity index (χ3v) is 4.56. The molecule has 1 aliphatic rings. The van der Waals surface area contributed by atoms with E-state index in [1.807, 2.05) is 31.2 Å². The minimum absolute atomic E-state index is 0. The number of carboxylic acid groups (broad SMARTS) is 1. The molecule has 10 heteroatoms. The zero-order valence-electron chi connectivity index (χ0n) is 15.4. The highest BCUT2D eigenvalue weighted by Gasteiger charge is 2.52. The first-order valence-corrected chi connectivity index (χ1v) is 8.65. The molecule has 2 atom stereocenters. The van der Waals surface area contributed by atoms with Gasteiger partial charge in [-0.15, -0.1) is 12.4 Å². The Bertz CT molecular complexity index is 672. The summed E-state index contributed by atoms with van der Waals surface area (Å²) >= 11 is 0. The van der Waals surface area contributed by atoms with Gasteiger partial charge in [0.05, 0.1) is 25.0 Å². The van der Waals surface area contributed by atoms with Crippen molar-refractivity contribution in [1.29, 1.82) is 0 Å². The van der Waals surface area contributed by atoms with Gasteiger partial charge in [-0.1, -0.05) is 24.3 Å². The van der Waals surface area contributed by atoms with Gasteiger partial charge < -0.3 is 15.2 Å². The monoisotopic (exact) mass is 424 g/mol. The van der Waals surface area contributed by atoms with E-state index < -0.39 is 36.4 Å². The van der Waals surface area contributed by atoms with Gasteiger partial charge in [0.1, 0.15) is 0 Å². The number of amides is 1. The van der Waals surface area contributed by atoms with Crippen LogP contribution in [0.5, 0.6) is 0 Å². The number of likely N-dealkylation sites (tertiary alicyclic amines) is 1. The maximum Gasteiger partial charge on any atom is 0.393 e. The van der Waals surface area contributed by atoms with Crippen molar-refractivity contribution in [2.45, 2.75) is 26.3 Å². The zero-order valence-corrected chi connectivity index (χ0v) is 16.2. The Balaban J connectivity index is 0.00000392. The van der Waals surface area contributed by atoms with Crippen molar-refractivity contribution in [3.05, 3.63) is 35.4 Å². The van der Waals surface area contributed by atoms with Gasteiger partial charge in [0.15, 0.2) is 0 Å². The average Bonchev–Trinajstić information content (AvgIpc) is 3.03. The number of carbonyl (C=O) groups excluding carboxylic acids is 1. The van der Waals surface area contributed by atoms with Crippen LogP contribution in [-0.2, 0) is 27.5 Å². The summed E-state index contributed by atoms with van der Waals surface area (Å²) < 4.78 is 44.4. The molecule has 1 aromatic carbocycles. The lowest BCUT2D eigenvalue weighted by molar-refractivity contribution is -0.188. The number of hydrogen-bond donors (Lipinski definition) is 2. The molecule has 0 unspecified atom stereocenters. The largest absolute Gasteiger partial charge is 0.481 e. The highest BCUT2D eigenvalue weighted by Crippen LogP contribution is 2.37. The molecule has 0 bridgehead atoms. The Morgan fingerprint density at radius 1 is 1.25 bits per heavy atom. The van der Waals surface area contributed by atoms with Gasteiger partial charge in [-0.05, 0) is 18.1 Å². The van der Waals surface area contributed by atoms with Crippen molar-refractivity contribution >= 4 is 24.3 Å². The summed E-state index contributed by atoms with van der Waals surface area (Å²) in [5, 5.41) is 11.7. The second-order valence-corrected chi connectivity index (χ2v) is 6.47. The van der Waals surface area contributed by atoms with Crippen LogP contribution in [0.1, 0.15) is 18.1 Å². The molecule has 1 amide bonds. The van der Waals surface area contributed by atoms with Gasteiger partial charge >= 0.3 is 12.1 Å². The second kappa shape index (κ2) is 10.6. The summed E-state index contributed by atoms with van der Waals surface area (Å²) in [4.78, 5) is 24.4. The van der Waals surface area contributed by atoms with Crippen LogP contribution in [0, 0.1) is 11.8 Å². The minimum atomic E-state index is -4.60. The standard InChI is InChI=1S/C18H23F3N2O4.ClH/c1-2-27-11-13-6-4-3-5-12(13)7-22-16(24)10-23-8-14(17(25)26)15(9-23)18(19,20)21;/h3-6,14-15H,2,7-11H2,1H3,(H,22,24)(H,25,26);1H/t14-,15-;/m1./s1. The zero-order chi connectivity index (χ0) is 20.0. The molecule has 1 aromatic rings. The Kier molecular flexibility index (Phi) is 9.19. The fourth-order valence-corrected chi connectivity index (χ4v) is 3.13. The molecule has 0 aliphatic carbocycles. The van der Waals surface area contributed by atoms with E-state index in [2.05, 4.69) is 5.32 Å². The van der Waals surface area contributed by atoms with Crippen molar-refractivity contribution in [3.63, 3.8) is 0 Å². The number of nitrogens with one attached hydrogen (secondary N) is 1. The fourth-order valence-electron chi connectivity index (χ4n) is 3.13. The van der Waals surface area contributed by atoms with E-state index in [9.17, 15) is 22.8 Å². The van der Waals surface area contributed by atoms with Gasteiger partial charge in [-0.2, -0.15) is 13.2 Å². The number of hydrogen-bond acceptors (Lipinski definition) is 4. The molecule has 28 heavy (non-hydrogen) atoms. The van der Waals surface area contributed by atoms with Crippen LogP contribution in [0.3, 0.4) is 0 Å². The summed E-state index contributed by atoms with van der Waals surface area (Å²) in [7, 11) is 0. The van der Waals surface area contributed by atoms with Gasteiger partial charge in [0.25, 0.3) is 0 Å². The lowest BCUT2D eigenvalue weighted by atomic mass is 9.96. The van der Waals surface area contributed by atoms with Crippen molar-refractivity contribution in [3.8, 4) is 0 Å². The van der Waals surface area contributed by atoms with E-state index in [1.54, 1.807) is 0 Å². The molecule has 158 valence electrons. The normalized spacial score (nSPS) is 19.9. The van der Waals surface area contributed by atoms with Gasteiger partial charge in [-0.25, -0.2) is 0 Å². The summed E-state index contributed by atoms with van der Waals surface area (Å²) in [6, 6.07) is 7.39. The second-order valence-electron chi connectivity index (χ2n) is 6.47. The Hall–Kier alpha value is -1.84. The van der Waals surface area contributed by atoms with Crippen LogP contribution in [0.4, 0.5) is 13.2 Å². The smallest absolute Gasteiger partial charge is 0.393 e. The van der Waals surface area contributed by atoms with Crippen molar-refractivity contribution in [1.82, 2.24) is 10.2 Å². The Labute approximate surface area is 167 Å². The number of rotatable bonds is 8. The number of carboxylic acids is 1. The molecule has 1 aliphatic heterocycles. The Morgan fingerprint density at radius 2 is 1.89 bits per heavy atom. The summed E-state index contributed by atoms with van der Waals surface area (Å²) in [6.07, 6.45) is -4.60. The van der Waals surface area contributed by atoms with Crippen LogP contribution in [0.2, 0.25) is 0 Å². The molecular formula is C18H24ClF3N2O4. The summed E-state index contributed by atoms with van der Waals surface area (Å²) in [5.41, 5.74) is 1.78. The SMILES string of the molecule is CCOCc1ccccc1CNC(=O)CN1C[C@@H](C(F)(F)F)[C@H](C(=O)O)C1.Cl. The van der Waals surface area contributed by atoms with Gasteiger partial charge in [-0.3, -0.25) is 14.5 Å². The summed E-state index contributed by atoms with van der Waals surface area (Å²) in [5.74, 6) is -5.46. The number of carbonyl (C=O) groups is 2. The molecule has 2 N–H and O–H groups in total. The third-order valence-electron chi connectivity index (χ3n) is 4.56. The van der Waals surface area contributed by atoms with Crippen LogP contribution < -0.4 is 5.32 Å². The molecule has 0 spiro atoms. The number of ether oxygens (including phenoxy) is 1. The highest BCUT2D eigenvalue weighted by molar-refractivity contribution is 5.85. The number of benzene rings is 1. The van der Waals surface area contributed by atoms with Crippen molar-refractivity contribution in [2.24, 2.45) is 11.8 Å². The minimum Gasteiger partial charge on any atom is -0.481 e. The first kappa shape index (κ1) is 24.2. The predicted molar refractivity (Wildman–Crippen MR) is 98.0 cm³/mol. The first-order valence-electron chi connectivity index (χ1n) is 8.65. The van der Waals surface area contributed by atoms with Crippen LogP contribution in [-0.4, -0.2) is 54.3 Å². The highest BCUT2D eigenvalue weighted by atomic mass is 35.5. The van der Waals surface area contributed by atoms with Gasteiger partial charge in [0, 0.05) is 26.2 Å². The van der Waals surface area contributed by atoms with Gasteiger partial charge in [0.2, 0.25) is 5.91 Å².